The monoisotopic (exact) mass is 566 g/mol. The van der Waals surface area contributed by atoms with Crippen LogP contribution in [0.4, 0.5) is 32.2 Å². The van der Waals surface area contributed by atoms with Gasteiger partial charge in [0.05, 0.1) is 31.2 Å². The fourth-order valence-electron chi connectivity index (χ4n) is 5.51. The van der Waals surface area contributed by atoms with E-state index in [2.05, 4.69) is 10.4 Å². The molecule has 0 radical (unpaired) electrons. The maximum atomic E-state index is 13.5. The van der Waals surface area contributed by atoms with Gasteiger partial charge in [-0.1, -0.05) is 0 Å². The maximum Gasteiger partial charge on any atom is 0.418 e. The minimum absolute atomic E-state index is 0.0365. The topological polar surface area (TPSA) is 99.3 Å². The number of fused-ring (bicyclic) bond motifs is 3. The van der Waals surface area contributed by atoms with Gasteiger partial charge in [0.25, 0.3) is 0 Å². The molecule has 3 fully saturated rings. The van der Waals surface area contributed by atoms with E-state index in [4.69, 9.17) is 9.47 Å². The first-order valence-corrected chi connectivity index (χ1v) is 12.6. The summed E-state index contributed by atoms with van der Waals surface area (Å²) in [6.45, 7) is 1.76. The summed E-state index contributed by atoms with van der Waals surface area (Å²) in [5.74, 6) is -3.02. The highest BCUT2D eigenvalue weighted by atomic mass is 19.4. The standard InChI is InChI=1S/C23H28F6N6O4/c24-22(25,26)13-7-17-20(30-8-13)35-5-4-33(10-15(35)12-39-17)18(36)2-6-38-11-14-1-3-34(14)16-9-31-32-21(37)19(16)23(27,28)29/h7-8,14-16,19,31H,1-6,9-12H2,(H,32,37)/t14-,15+,16?,19?/m0/s1. The van der Waals surface area contributed by atoms with Gasteiger partial charge in [-0.25, -0.2) is 10.4 Å². The molecule has 16 heteroatoms. The average Bonchev–Trinajstić information content (AvgIpc) is 2.85. The zero-order chi connectivity index (χ0) is 27.9. The number of piperazine rings is 1. The number of nitrogens with zero attached hydrogens (tertiary/aromatic N) is 4. The molecule has 1 aromatic heterocycles. The highest BCUT2D eigenvalue weighted by molar-refractivity contribution is 5.80. The number of hydrogen-bond acceptors (Lipinski definition) is 8. The van der Waals surface area contributed by atoms with Crippen LogP contribution in [0.3, 0.4) is 0 Å². The summed E-state index contributed by atoms with van der Waals surface area (Å²) >= 11 is 0. The van der Waals surface area contributed by atoms with Gasteiger partial charge in [0, 0.05) is 51.0 Å². The minimum atomic E-state index is -4.66. The van der Waals surface area contributed by atoms with Gasteiger partial charge < -0.3 is 19.3 Å². The number of carbonyl (C=O) groups excluding carboxylic acids is 2. The number of amides is 2. The molecule has 2 N–H and O–H groups in total. The number of alkyl halides is 6. The van der Waals surface area contributed by atoms with Crippen molar-refractivity contribution in [3.8, 4) is 5.75 Å². The number of hydrazine groups is 1. The third kappa shape index (κ3) is 5.72. The molecule has 3 saturated heterocycles. The van der Waals surface area contributed by atoms with Gasteiger partial charge in [0.2, 0.25) is 11.8 Å². The Kier molecular flexibility index (Phi) is 7.54. The smallest absolute Gasteiger partial charge is 0.418 e. The van der Waals surface area contributed by atoms with Crippen LogP contribution in [0.25, 0.3) is 0 Å². The molecule has 0 aliphatic carbocycles. The third-order valence-corrected chi connectivity index (χ3v) is 7.63. The molecule has 0 bridgehead atoms. The number of rotatable bonds is 6. The number of pyridine rings is 1. The highest BCUT2D eigenvalue weighted by Gasteiger charge is 2.55. The minimum Gasteiger partial charge on any atom is -0.487 e. The molecule has 0 spiro atoms. The van der Waals surface area contributed by atoms with Crippen LogP contribution in [0.2, 0.25) is 0 Å². The van der Waals surface area contributed by atoms with Gasteiger partial charge in [0.1, 0.15) is 6.61 Å². The Morgan fingerprint density at radius 3 is 2.67 bits per heavy atom. The first-order valence-electron chi connectivity index (χ1n) is 12.6. The van der Waals surface area contributed by atoms with Crippen molar-refractivity contribution in [3.63, 3.8) is 0 Å². The Balaban J connectivity index is 1.08. The van der Waals surface area contributed by atoms with Crippen LogP contribution < -0.4 is 20.5 Å². The van der Waals surface area contributed by atoms with E-state index in [9.17, 15) is 35.9 Å². The fourth-order valence-corrected chi connectivity index (χ4v) is 5.51. The predicted molar refractivity (Wildman–Crippen MR) is 122 cm³/mol. The predicted octanol–water partition coefficient (Wildman–Crippen LogP) is 1.17. The Morgan fingerprint density at radius 1 is 1.18 bits per heavy atom. The molecule has 4 atom stereocenters. The fraction of sp³-hybridized carbons (Fsp3) is 0.696. The molecule has 2 unspecified atom stereocenters. The normalized spacial score (nSPS) is 27.7. The highest BCUT2D eigenvalue weighted by Crippen LogP contribution is 2.39. The van der Waals surface area contributed by atoms with E-state index in [0.717, 1.165) is 12.3 Å². The number of halogens is 6. The number of ether oxygens (including phenoxy) is 2. The van der Waals surface area contributed by atoms with E-state index in [0.29, 0.717) is 38.4 Å². The second-order valence-electron chi connectivity index (χ2n) is 10.0. The molecule has 39 heavy (non-hydrogen) atoms. The lowest BCUT2D eigenvalue weighted by molar-refractivity contribution is -0.208. The Morgan fingerprint density at radius 2 is 1.97 bits per heavy atom. The van der Waals surface area contributed by atoms with Crippen LogP contribution >= 0.6 is 0 Å². The van der Waals surface area contributed by atoms with Gasteiger partial charge in [-0.3, -0.25) is 19.9 Å². The van der Waals surface area contributed by atoms with E-state index in [-0.39, 0.29) is 56.5 Å². The van der Waals surface area contributed by atoms with Crippen molar-refractivity contribution in [2.45, 2.75) is 43.3 Å². The SMILES string of the molecule is O=C1NNCC(N2CC[C@H]2COCCC(=O)N2CCN3c4ncc(C(F)(F)F)cc4OC[C@H]3C2)C1C(F)(F)F. The van der Waals surface area contributed by atoms with Gasteiger partial charge in [-0.2, -0.15) is 26.3 Å². The summed E-state index contributed by atoms with van der Waals surface area (Å²) in [5, 5.41) is 0. The van der Waals surface area contributed by atoms with Crippen LogP contribution in [-0.2, 0) is 20.5 Å². The molecule has 0 saturated carbocycles. The van der Waals surface area contributed by atoms with Crippen molar-refractivity contribution in [2.75, 3.05) is 57.4 Å². The van der Waals surface area contributed by atoms with Crippen LogP contribution in [0.5, 0.6) is 5.75 Å². The molecule has 0 aromatic carbocycles. The number of nitrogens with one attached hydrogen (secondary N) is 2. The van der Waals surface area contributed by atoms with Crippen LogP contribution in [-0.4, -0.2) is 103 Å². The van der Waals surface area contributed by atoms with Gasteiger partial charge in [0.15, 0.2) is 17.5 Å². The molecule has 1 aromatic rings. The number of hydrogen-bond donors (Lipinski definition) is 2. The van der Waals surface area contributed by atoms with Crippen molar-refractivity contribution in [1.82, 2.24) is 25.6 Å². The Bertz CT molecular complexity index is 1090. The first kappa shape index (κ1) is 27.7. The Labute approximate surface area is 219 Å². The van der Waals surface area contributed by atoms with Gasteiger partial charge in [-0.05, 0) is 12.5 Å². The molecule has 5 rings (SSSR count). The van der Waals surface area contributed by atoms with Crippen molar-refractivity contribution in [2.24, 2.45) is 5.92 Å². The van der Waals surface area contributed by atoms with Crippen molar-refractivity contribution >= 4 is 17.6 Å². The summed E-state index contributed by atoms with van der Waals surface area (Å²) in [7, 11) is 0. The number of likely N-dealkylation sites (tertiary alicyclic amines) is 1. The van der Waals surface area contributed by atoms with Crippen molar-refractivity contribution in [1.29, 1.82) is 0 Å². The van der Waals surface area contributed by atoms with E-state index in [1.807, 2.05) is 10.3 Å². The van der Waals surface area contributed by atoms with Crippen LogP contribution in [0.15, 0.2) is 12.3 Å². The summed E-state index contributed by atoms with van der Waals surface area (Å²) in [4.78, 5) is 33.7. The molecule has 2 amide bonds. The molecule has 216 valence electrons. The van der Waals surface area contributed by atoms with E-state index in [1.165, 1.54) is 0 Å². The second-order valence-corrected chi connectivity index (χ2v) is 10.0. The maximum absolute atomic E-state index is 13.5. The summed E-state index contributed by atoms with van der Waals surface area (Å²) < 4.78 is 90.5. The zero-order valence-corrected chi connectivity index (χ0v) is 20.7. The van der Waals surface area contributed by atoms with Crippen molar-refractivity contribution in [3.05, 3.63) is 17.8 Å². The van der Waals surface area contributed by atoms with E-state index < -0.39 is 35.8 Å². The Hall–Kier alpha value is -2.85. The third-order valence-electron chi connectivity index (χ3n) is 7.63. The number of anilines is 1. The first-order chi connectivity index (χ1) is 18.4. The van der Waals surface area contributed by atoms with Gasteiger partial charge >= 0.3 is 12.4 Å². The quantitative estimate of drug-likeness (QED) is 0.392. The zero-order valence-electron chi connectivity index (χ0n) is 20.7. The molecular formula is C23H28F6N6O4. The lowest BCUT2D eigenvalue weighted by Gasteiger charge is -2.49. The largest absolute Gasteiger partial charge is 0.487 e. The molecular weight excluding hydrogens is 538 g/mol. The van der Waals surface area contributed by atoms with E-state index in [1.54, 1.807) is 9.80 Å². The lowest BCUT2D eigenvalue weighted by atomic mass is 9.89. The lowest BCUT2D eigenvalue weighted by Crippen LogP contribution is -2.69. The molecule has 5 heterocycles. The summed E-state index contributed by atoms with van der Waals surface area (Å²) in [5.41, 5.74) is 3.67. The number of aromatic nitrogens is 1. The van der Waals surface area contributed by atoms with Crippen LogP contribution in [0, 0.1) is 5.92 Å². The second kappa shape index (κ2) is 10.6. The average molecular weight is 567 g/mol. The summed E-state index contributed by atoms with van der Waals surface area (Å²) in [6, 6.07) is -0.640. The molecule has 4 aliphatic heterocycles. The van der Waals surface area contributed by atoms with E-state index >= 15 is 0 Å². The van der Waals surface area contributed by atoms with Gasteiger partial charge in [-0.15, -0.1) is 0 Å². The number of carbonyl (C=O) groups is 2. The summed E-state index contributed by atoms with van der Waals surface area (Å²) in [6.07, 6.45) is -7.72. The van der Waals surface area contributed by atoms with Crippen LogP contribution in [0.1, 0.15) is 18.4 Å². The molecule has 10 nitrogen and oxygen atoms in total. The molecule has 4 aliphatic rings. The van der Waals surface area contributed by atoms with Crippen molar-refractivity contribution < 1.29 is 45.4 Å².